The number of sulfone groups is 1. The molecular formula is C22H31N5O6S. The second kappa shape index (κ2) is 11.7. The molecule has 0 unspecified atom stereocenters. The van der Waals surface area contributed by atoms with Crippen molar-refractivity contribution in [1.82, 2.24) is 20.4 Å². The summed E-state index contributed by atoms with van der Waals surface area (Å²) in [5.74, 6) is -1.04. The van der Waals surface area contributed by atoms with Crippen LogP contribution in [-0.4, -0.2) is 79.9 Å². The van der Waals surface area contributed by atoms with Crippen molar-refractivity contribution in [2.24, 2.45) is 0 Å². The Kier molecular flexibility index (Phi) is 9.26. The molecule has 1 atom stereocenters. The zero-order chi connectivity index (χ0) is 25.4. The summed E-state index contributed by atoms with van der Waals surface area (Å²) < 4.78 is 30.2. The first-order chi connectivity index (χ1) is 15.9. The van der Waals surface area contributed by atoms with E-state index in [9.17, 15) is 28.1 Å². The van der Waals surface area contributed by atoms with E-state index in [1.807, 2.05) is 0 Å². The molecule has 1 aromatic carbocycles. The number of piperazine rings is 1. The maximum absolute atomic E-state index is 12.5. The Morgan fingerprint density at radius 2 is 1.68 bits per heavy atom. The van der Waals surface area contributed by atoms with Gasteiger partial charge in [0.1, 0.15) is 11.7 Å². The number of nitrogens with zero attached hydrogens (tertiary/aromatic N) is 3. The Hall–Kier alpha value is -3.33. The summed E-state index contributed by atoms with van der Waals surface area (Å²) >= 11 is 0. The number of benzene rings is 1. The van der Waals surface area contributed by atoms with Gasteiger partial charge in [-0.3, -0.25) is 4.79 Å². The standard InChI is InChI=1S/C22H31N5O6S/c1-22(2,3)33-21(30)27-13-11-26(12-14-27)20(29)24-10-9-18(28)25-19(15-23)34(31,32)16-17-7-5-4-6-8-17/h4-8,19H,9-14,16H2,1-3H3,(H,24,29)(H,25,28)/t19-/m1/s1. The van der Waals surface area contributed by atoms with Gasteiger partial charge in [0.05, 0.1) is 5.75 Å². The molecule has 1 aromatic rings. The Morgan fingerprint density at radius 1 is 1.09 bits per heavy atom. The van der Waals surface area contributed by atoms with Gasteiger partial charge in [-0.2, -0.15) is 5.26 Å². The molecule has 0 bridgehead atoms. The van der Waals surface area contributed by atoms with E-state index in [-0.39, 0.29) is 18.7 Å². The van der Waals surface area contributed by atoms with Crippen molar-refractivity contribution in [3.05, 3.63) is 35.9 Å². The van der Waals surface area contributed by atoms with Crippen LogP contribution in [0.1, 0.15) is 32.8 Å². The number of hydrogen-bond acceptors (Lipinski definition) is 7. The van der Waals surface area contributed by atoms with Gasteiger partial charge in [0.15, 0.2) is 9.84 Å². The topological polar surface area (TPSA) is 149 Å². The lowest BCUT2D eigenvalue weighted by molar-refractivity contribution is -0.120. The van der Waals surface area contributed by atoms with Crippen molar-refractivity contribution in [1.29, 1.82) is 5.26 Å². The van der Waals surface area contributed by atoms with Crippen LogP contribution in [0.5, 0.6) is 0 Å². The summed E-state index contributed by atoms with van der Waals surface area (Å²) in [5.41, 5.74) is -0.0894. The van der Waals surface area contributed by atoms with E-state index in [0.717, 1.165) is 0 Å². The predicted octanol–water partition coefficient (Wildman–Crippen LogP) is 1.22. The van der Waals surface area contributed by atoms with Gasteiger partial charge in [0.25, 0.3) is 0 Å². The normalized spacial score (nSPS) is 15.1. The molecule has 186 valence electrons. The summed E-state index contributed by atoms with van der Waals surface area (Å²) in [6, 6.07) is 9.57. The maximum atomic E-state index is 12.5. The lowest BCUT2D eigenvalue weighted by Gasteiger charge is -2.35. The SMILES string of the molecule is CC(C)(C)OC(=O)N1CCN(C(=O)NCCC(=O)N[C@@H](C#N)S(=O)(=O)Cc2ccccc2)CC1. The maximum Gasteiger partial charge on any atom is 0.410 e. The van der Waals surface area contributed by atoms with Gasteiger partial charge in [-0.25, -0.2) is 18.0 Å². The largest absolute Gasteiger partial charge is 0.444 e. The van der Waals surface area contributed by atoms with Crippen LogP contribution >= 0.6 is 0 Å². The van der Waals surface area contributed by atoms with Crippen molar-refractivity contribution in [3.63, 3.8) is 0 Å². The molecule has 34 heavy (non-hydrogen) atoms. The minimum atomic E-state index is -3.93. The van der Waals surface area contributed by atoms with Gasteiger partial charge in [-0.1, -0.05) is 30.3 Å². The Bertz CT molecular complexity index is 1010. The van der Waals surface area contributed by atoms with E-state index in [4.69, 9.17) is 4.74 Å². The number of carbonyl (C=O) groups excluding carboxylic acids is 3. The van der Waals surface area contributed by atoms with Crippen LogP contribution in [-0.2, 0) is 25.1 Å². The van der Waals surface area contributed by atoms with Crippen LogP contribution in [0.2, 0.25) is 0 Å². The zero-order valence-electron chi connectivity index (χ0n) is 19.6. The van der Waals surface area contributed by atoms with Gasteiger partial charge in [-0.05, 0) is 26.3 Å². The van der Waals surface area contributed by atoms with Crippen molar-refractivity contribution < 1.29 is 27.5 Å². The Balaban J connectivity index is 1.74. The minimum Gasteiger partial charge on any atom is -0.444 e. The molecule has 0 saturated carbocycles. The van der Waals surface area contributed by atoms with Crippen molar-refractivity contribution in [2.45, 2.75) is 43.9 Å². The van der Waals surface area contributed by atoms with Gasteiger partial charge < -0.3 is 25.2 Å². The molecule has 0 spiro atoms. The lowest BCUT2D eigenvalue weighted by atomic mass is 10.2. The quantitative estimate of drug-likeness (QED) is 0.580. The molecule has 2 rings (SSSR count). The third-order valence-corrected chi connectivity index (χ3v) is 6.50. The highest BCUT2D eigenvalue weighted by molar-refractivity contribution is 7.91. The molecule has 11 nitrogen and oxygen atoms in total. The van der Waals surface area contributed by atoms with Crippen LogP contribution in [0.25, 0.3) is 0 Å². The highest BCUT2D eigenvalue weighted by atomic mass is 32.2. The van der Waals surface area contributed by atoms with Crippen molar-refractivity contribution >= 4 is 27.9 Å². The fraction of sp³-hybridized carbons (Fsp3) is 0.545. The molecule has 12 heteroatoms. The van der Waals surface area contributed by atoms with Gasteiger partial charge >= 0.3 is 12.1 Å². The fourth-order valence-corrected chi connectivity index (χ4v) is 4.42. The van der Waals surface area contributed by atoms with E-state index in [1.54, 1.807) is 57.2 Å². The van der Waals surface area contributed by atoms with E-state index < -0.39 is 38.8 Å². The monoisotopic (exact) mass is 493 g/mol. The molecule has 1 fully saturated rings. The molecule has 1 heterocycles. The van der Waals surface area contributed by atoms with Crippen molar-refractivity contribution in [3.8, 4) is 6.07 Å². The molecule has 0 aliphatic carbocycles. The van der Waals surface area contributed by atoms with Crippen LogP contribution in [0.4, 0.5) is 9.59 Å². The van der Waals surface area contributed by atoms with Gasteiger partial charge in [0.2, 0.25) is 11.3 Å². The molecule has 1 saturated heterocycles. The van der Waals surface area contributed by atoms with Gasteiger partial charge in [-0.15, -0.1) is 0 Å². The number of nitrogens with one attached hydrogen (secondary N) is 2. The Labute approximate surface area is 200 Å². The highest BCUT2D eigenvalue weighted by Gasteiger charge is 2.29. The molecule has 4 amide bonds. The fourth-order valence-electron chi connectivity index (χ4n) is 3.12. The average molecular weight is 494 g/mol. The third kappa shape index (κ3) is 8.55. The molecule has 0 aromatic heterocycles. The third-order valence-electron chi connectivity index (χ3n) is 4.83. The number of rotatable bonds is 7. The molecule has 1 aliphatic rings. The van der Waals surface area contributed by atoms with Crippen LogP contribution in [0.3, 0.4) is 0 Å². The second-order valence-corrected chi connectivity index (χ2v) is 10.9. The van der Waals surface area contributed by atoms with Crippen LogP contribution in [0, 0.1) is 11.3 Å². The molecule has 2 N–H and O–H groups in total. The van der Waals surface area contributed by atoms with Crippen molar-refractivity contribution in [2.75, 3.05) is 32.7 Å². The first-order valence-electron chi connectivity index (χ1n) is 10.9. The number of amides is 4. The summed E-state index contributed by atoms with van der Waals surface area (Å²) in [6.07, 6.45) is -0.624. The lowest BCUT2D eigenvalue weighted by Crippen LogP contribution is -2.54. The van der Waals surface area contributed by atoms with E-state index >= 15 is 0 Å². The van der Waals surface area contributed by atoms with Crippen LogP contribution < -0.4 is 10.6 Å². The number of nitriles is 1. The molecule has 1 aliphatic heterocycles. The predicted molar refractivity (Wildman–Crippen MR) is 124 cm³/mol. The van der Waals surface area contributed by atoms with E-state index in [2.05, 4.69) is 10.6 Å². The molecule has 0 radical (unpaired) electrons. The minimum absolute atomic E-state index is 0.0339. The number of urea groups is 1. The first kappa shape index (κ1) is 26.9. The number of carbonyl (C=O) groups is 3. The van der Waals surface area contributed by atoms with E-state index in [1.165, 1.54) is 9.80 Å². The Morgan fingerprint density at radius 3 is 2.24 bits per heavy atom. The van der Waals surface area contributed by atoms with Crippen LogP contribution in [0.15, 0.2) is 30.3 Å². The zero-order valence-corrected chi connectivity index (χ0v) is 20.4. The number of hydrogen-bond donors (Lipinski definition) is 2. The van der Waals surface area contributed by atoms with Gasteiger partial charge in [0, 0.05) is 39.1 Å². The first-order valence-corrected chi connectivity index (χ1v) is 12.6. The second-order valence-electron chi connectivity index (χ2n) is 8.81. The summed E-state index contributed by atoms with van der Waals surface area (Å²) in [6.45, 7) is 6.58. The van der Waals surface area contributed by atoms with E-state index in [0.29, 0.717) is 31.7 Å². The average Bonchev–Trinajstić information content (AvgIpc) is 2.76. The smallest absolute Gasteiger partial charge is 0.410 e. The summed E-state index contributed by atoms with van der Waals surface area (Å²) in [5, 5.41) is 12.4. The highest BCUT2D eigenvalue weighted by Crippen LogP contribution is 2.12. The molecular weight excluding hydrogens is 462 g/mol. The number of ether oxygens (including phenoxy) is 1. The summed E-state index contributed by atoms with van der Waals surface area (Å²) in [7, 11) is -3.93. The summed E-state index contributed by atoms with van der Waals surface area (Å²) in [4.78, 5) is 39.6.